The van der Waals surface area contributed by atoms with Gasteiger partial charge in [-0.05, 0) is 79.9 Å². The van der Waals surface area contributed by atoms with Gasteiger partial charge in [-0.1, -0.05) is 267 Å². The lowest BCUT2D eigenvalue weighted by molar-refractivity contribution is -0.215. The maximum absolute atomic E-state index is 7.79. The van der Waals surface area contributed by atoms with E-state index < -0.39 is 35.6 Å². The van der Waals surface area contributed by atoms with Crippen LogP contribution in [0.5, 0.6) is 11.5 Å². The normalized spacial score (nSPS) is 13.1. The van der Waals surface area contributed by atoms with E-state index in [1.54, 1.807) is 14.2 Å². The van der Waals surface area contributed by atoms with Crippen LogP contribution >= 0.6 is 0 Å². The van der Waals surface area contributed by atoms with Crippen molar-refractivity contribution in [3.05, 3.63) is 347 Å². The van der Waals surface area contributed by atoms with E-state index in [2.05, 4.69) is 121 Å². The Kier molecular flexibility index (Phi) is 20.0. The van der Waals surface area contributed by atoms with Gasteiger partial charge < -0.3 is 37.9 Å². The summed E-state index contributed by atoms with van der Waals surface area (Å²) in [6, 6.07) is 98.5. The van der Waals surface area contributed by atoms with Gasteiger partial charge in [-0.3, -0.25) is 0 Å². The molecule has 0 aliphatic carbocycles. The first kappa shape index (κ1) is 56.8. The van der Waals surface area contributed by atoms with Crippen LogP contribution in [0.25, 0.3) is 0 Å². The second-order valence-corrected chi connectivity index (χ2v) is 20.1. The molecule has 0 spiro atoms. The van der Waals surface area contributed by atoms with Crippen molar-refractivity contribution in [1.29, 1.82) is 0 Å². The first-order valence-electron chi connectivity index (χ1n) is 28.0. The third-order valence-electron chi connectivity index (χ3n) is 14.9. The number of ether oxygens (including phenoxy) is 8. The molecule has 0 heterocycles. The van der Waals surface area contributed by atoms with Crippen molar-refractivity contribution in [2.24, 2.45) is 0 Å². The molecule has 0 fully saturated rings. The van der Waals surface area contributed by atoms with Gasteiger partial charge in [0.1, 0.15) is 47.1 Å². The van der Waals surface area contributed by atoms with Gasteiger partial charge in [0.25, 0.3) is 0 Å². The minimum atomic E-state index is -1.15. The van der Waals surface area contributed by atoms with E-state index in [0.717, 1.165) is 67.1 Å². The van der Waals surface area contributed by atoms with Crippen LogP contribution in [-0.2, 0) is 66.1 Å². The predicted octanol–water partition coefficient (Wildman–Crippen LogP) is 15.4. The topological polar surface area (TPSA) is 73.8 Å². The number of rotatable bonds is 29. The van der Waals surface area contributed by atoms with Gasteiger partial charge in [-0.15, -0.1) is 0 Å². The van der Waals surface area contributed by atoms with Crippen molar-refractivity contribution in [2.45, 2.75) is 62.0 Å². The molecule has 4 atom stereocenters. The monoisotopic (exact) mass is 1090 g/mol. The SMILES string of the molecule is COc1ccc(C(OC[C@H](OCc2ccccc2)[C@@H](OCc2ccccc2)[C@H](OCc2ccccc2)[C@@H](COC(c2ccccc2)(c2ccccc2)c2ccc(OC)cc2)OCc2ccccc2)(c2ccccc2)c2ccccc2)cc1. The molecule has 0 unspecified atom stereocenters. The smallest absolute Gasteiger partial charge is 0.143 e. The molecule has 8 nitrogen and oxygen atoms in total. The molecule has 0 saturated carbocycles. The molecule has 10 rings (SSSR count). The fourth-order valence-electron chi connectivity index (χ4n) is 10.6. The van der Waals surface area contributed by atoms with Crippen molar-refractivity contribution >= 4 is 0 Å². The molecule has 0 bridgehead atoms. The van der Waals surface area contributed by atoms with E-state index >= 15 is 0 Å². The summed E-state index contributed by atoms with van der Waals surface area (Å²) in [4.78, 5) is 0. The first-order valence-corrected chi connectivity index (χ1v) is 28.0. The average Bonchev–Trinajstić information content (AvgIpc) is 3.75. The van der Waals surface area contributed by atoms with E-state index in [1.165, 1.54) is 0 Å². The van der Waals surface area contributed by atoms with Crippen molar-refractivity contribution in [1.82, 2.24) is 0 Å². The highest BCUT2D eigenvalue weighted by atomic mass is 16.6. The van der Waals surface area contributed by atoms with Gasteiger partial charge in [-0.25, -0.2) is 0 Å². The number of hydrogen-bond acceptors (Lipinski definition) is 8. The van der Waals surface area contributed by atoms with E-state index in [4.69, 9.17) is 37.9 Å². The zero-order chi connectivity index (χ0) is 56.1. The largest absolute Gasteiger partial charge is 0.497 e. The van der Waals surface area contributed by atoms with Crippen molar-refractivity contribution in [3.63, 3.8) is 0 Å². The second kappa shape index (κ2) is 28.8. The highest BCUT2D eigenvalue weighted by Crippen LogP contribution is 2.44. The summed E-state index contributed by atoms with van der Waals surface area (Å²) in [5.74, 6) is 1.46. The fraction of sp³-hybridized carbons (Fsp3) is 0.189. The standard InChI is InChI=1S/C74H70O8/c1-75-67-47-43-65(44-48-67)73(61-35-19-7-20-36-61,62-37-21-8-22-38-62)81-55-69(77-51-57-27-11-3-12-28-57)71(79-53-59-31-15-5-16-32-59)72(80-54-60-33-17-6-18-34-60)70(78-52-58-29-13-4-14-30-58)56-82-74(63-39-23-9-24-40-63,64-41-25-10-26-42-64)66-45-49-68(76-2)50-46-66/h3-50,69-72H,51-56H2,1-2H3/t69-,70+,71-,72-/m1/s1. The maximum Gasteiger partial charge on any atom is 0.143 e. The molecule has 0 N–H and O–H groups in total. The number of hydrogen-bond donors (Lipinski definition) is 0. The maximum atomic E-state index is 7.79. The van der Waals surface area contributed by atoms with Crippen LogP contribution in [0.2, 0.25) is 0 Å². The van der Waals surface area contributed by atoms with Crippen LogP contribution in [0.15, 0.2) is 291 Å². The number of benzene rings is 10. The summed E-state index contributed by atoms with van der Waals surface area (Å²) in [6.45, 7) is 0.989. The summed E-state index contributed by atoms with van der Waals surface area (Å²) in [5, 5.41) is 0. The molecule has 0 saturated heterocycles. The highest BCUT2D eigenvalue weighted by Gasteiger charge is 2.45. The van der Waals surface area contributed by atoms with Crippen LogP contribution in [0.1, 0.15) is 55.6 Å². The van der Waals surface area contributed by atoms with Crippen LogP contribution in [0, 0.1) is 0 Å². The molecule has 10 aromatic rings. The lowest BCUT2D eigenvalue weighted by Gasteiger charge is -2.42. The average molecular weight is 1090 g/mol. The van der Waals surface area contributed by atoms with Crippen LogP contribution < -0.4 is 9.47 Å². The molecule has 414 valence electrons. The molecule has 82 heavy (non-hydrogen) atoms. The Balaban J connectivity index is 1.16. The summed E-state index contributed by atoms with van der Waals surface area (Å²) in [5.41, 5.74) is 7.15. The van der Waals surface area contributed by atoms with Gasteiger partial charge >= 0.3 is 0 Å². The van der Waals surface area contributed by atoms with E-state index in [0.29, 0.717) is 0 Å². The molecule has 0 aliphatic heterocycles. The molecule has 0 aliphatic rings. The lowest BCUT2D eigenvalue weighted by atomic mass is 9.80. The summed E-state index contributed by atoms with van der Waals surface area (Å²) in [6.07, 6.45) is -3.37. The van der Waals surface area contributed by atoms with Crippen molar-refractivity contribution in [3.8, 4) is 11.5 Å². The highest BCUT2D eigenvalue weighted by molar-refractivity contribution is 5.50. The van der Waals surface area contributed by atoms with Gasteiger partial charge in [0.15, 0.2) is 0 Å². The summed E-state index contributed by atoms with van der Waals surface area (Å²) < 4.78 is 56.8. The van der Waals surface area contributed by atoms with Gasteiger partial charge in [0, 0.05) is 0 Å². The predicted molar refractivity (Wildman–Crippen MR) is 324 cm³/mol. The zero-order valence-electron chi connectivity index (χ0n) is 46.5. The Morgan fingerprint density at radius 1 is 0.256 bits per heavy atom. The van der Waals surface area contributed by atoms with Crippen LogP contribution in [0.4, 0.5) is 0 Å². The molecule has 0 radical (unpaired) electrons. The summed E-state index contributed by atoms with van der Waals surface area (Å²) in [7, 11) is 3.36. The van der Waals surface area contributed by atoms with Gasteiger partial charge in [-0.2, -0.15) is 0 Å². The summed E-state index contributed by atoms with van der Waals surface area (Å²) >= 11 is 0. The third kappa shape index (κ3) is 14.0. The van der Waals surface area contributed by atoms with Crippen molar-refractivity contribution in [2.75, 3.05) is 27.4 Å². The Morgan fingerprint density at radius 2 is 0.476 bits per heavy atom. The Labute approximate surface area is 483 Å². The molecule has 0 amide bonds. The first-order chi connectivity index (χ1) is 40.6. The Morgan fingerprint density at radius 3 is 0.720 bits per heavy atom. The Hall–Kier alpha value is -8.44. The lowest BCUT2D eigenvalue weighted by Crippen LogP contribution is -2.53. The Bertz CT molecular complexity index is 3060. The van der Waals surface area contributed by atoms with E-state index in [1.807, 2.05) is 170 Å². The molecular weight excluding hydrogens is 1020 g/mol. The minimum Gasteiger partial charge on any atom is -0.497 e. The molecule has 10 aromatic carbocycles. The molecule has 0 aromatic heterocycles. The van der Waals surface area contributed by atoms with E-state index in [9.17, 15) is 0 Å². The minimum absolute atomic E-state index is 0.0311. The second-order valence-electron chi connectivity index (χ2n) is 20.1. The third-order valence-corrected chi connectivity index (χ3v) is 14.9. The molecule has 8 heteroatoms. The van der Waals surface area contributed by atoms with Gasteiger partial charge in [0.2, 0.25) is 0 Å². The van der Waals surface area contributed by atoms with Crippen LogP contribution in [-0.4, -0.2) is 51.8 Å². The van der Waals surface area contributed by atoms with Crippen LogP contribution in [0.3, 0.4) is 0 Å². The quantitative estimate of drug-likeness (QED) is 0.0430. The van der Waals surface area contributed by atoms with Crippen molar-refractivity contribution < 1.29 is 37.9 Å². The fourth-order valence-corrected chi connectivity index (χ4v) is 10.6. The van der Waals surface area contributed by atoms with Gasteiger partial charge in [0.05, 0.1) is 53.9 Å². The number of methoxy groups -OCH3 is 2. The zero-order valence-corrected chi connectivity index (χ0v) is 46.5. The van der Waals surface area contributed by atoms with E-state index in [-0.39, 0.29) is 39.6 Å². The molecular formula is C74H70O8.